The van der Waals surface area contributed by atoms with Gasteiger partial charge in [0.15, 0.2) is 0 Å². The molecule has 0 saturated heterocycles. The van der Waals surface area contributed by atoms with Crippen LogP contribution >= 0.6 is 11.3 Å². The SMILES string of the molecule is Cc1cc(S(=O)(=O)NCC2CCCCC2C)sc1CO. The predicted octanol–water partition coefficient (Wildman–Crippen LogP) is 2.65. The first kappa shape index (κ1) is 15.9. The molecular weight excluding hydrogens is 294 g/mol. The van der Waals surface area contributed by atoms with Crippen molar-refractivity contribution in [3.63, 3.8) is 0 Å². The van der Waals surface area contributed by atoms with Crippen LogP contribution in [0.4, 0.5) is 0 Å². The van der Waals surface area contributed by atoms with Gasteiger partial charge in [0.1, 0.15) is 4.21 Å². The molecule has 1 aromatic heterocycles. The van der Waals surface area contributed by atoms with Crippen molar-refractivity contribution in [3.05, 3.63) is 16.5 Å². The second kappa shape index (κ2) is 6.56. The summed E-state index contributed by atoms with van der Waals surface area (Å²) in [6, 6.07) is 1.64. The Morgan fingerprint density at radius 2 is 2.10 bits per heavy atom. The van der Waals surface area contributed by atoms with E-state index in [0.29, 0.717) is 22.6 Å². The van der Waals surface area contributed by atoms with Crippen LogP contribution < -0.4 is 4.72 Å². The van der Waals surface area contributed by atoms with E-state index in [4.69, 9.17) is 5.11 Å². The van der Waals surface area contributed by atoms with Crippen LogP contribution in [-0.4, -0.2) is 20.1 Å². The molecule has 2 atom stereocenters. The highest BCUT2D eigenvalue weighted by Crippen LogP contribution is 2.30. The quantitative estimate of drug-likeness (QED) is 0.877. The van der Waals surface area contributed by atoms with Gasteiger partial charge in [-0.3, -0.25) is 0 Å². The summed E-state index contributed by atoms with van der Waals surface area (Å²) in [4.78, 5) is 0.719. The Bertz CT molecular complexity index is 551. The van der Waals surface area contributed by atoms with E-state index in [1.807, 2.05) is 6.92 Å². The van der Waals surface area contributed by atoms with Crippen molar-refractivity contribution >= 4 is 21.4 Å². The van der Waals surface area contributed by atoms with Crippen molar-refractivity contribution in [1.82, 2.24) is 4.72 Å². The molecule has 1 aliphatic carbocycles. The van der Waals surface area contributed by atoms with E-state index >= 15 is 0 Å². The number of thiophene rings is 1. The Morgan fingerprint density at radius 3 is 2.70 bits per heavy atom. The molecule has 2 N–H and O–H groups in total. The minimum Gasteiger partial charge on any atom is -0.391 e. The van der Waals surface area contributed by atoms with E-state index in [1.165, 1.54) is 19.3 Å². The highest BCUT2D eigenvalue weighted by atomic mass is 32.2. The van der Waals surface area contributed by atoms with Gasteiger partial charge in [-0.25, -0.2) is 13.1 Å². The molecule has 1 aliphatic rings. The number of aliphatic hydroxyl groups excluding tert-OH is 1. The lowest BCUT2D eigenvalue weighted by Crippen LogP contribution is -2.33. The summed E-state index contributed by atoms with van der Waals surface area (Å²) in [5.74, 6) is 1.03. The molecule has 1 fully saturated rings. The fourth-order valence-corrected chi connectivity index (χ4v) is 5.35. The van der Waals surface area contributed by atoms with E-state index in [0.717, 1.165) is 28.2 Å². The van der Waals surface area contributed by atoms with Crippen LogP contribution in [0.3, 0.4) is 0 Å². The summed E-state index contributed by atoms with van der Waals surface area (Å²) in [5.41, 5.74) is 0.837. The smallest absolute Gasteiger partial charge is 0.250 e. The predicted molar refractivity (Wildman–Crippen MR) is 81.3 cm³/mol. The van der Waals surface area contributed by atoms with Crippen LogP contribution in [0.1, 0.15) is 43.0 Å². The lowest BCUT2D eigenvalue weighted by molar-refractivity contribution is 0.257. The molecule has 0 radical (unpaired) electrons. The summed E-state index contributed by atoms with van der Waals surface area (Å²) in [7, 11) is -3.44. The Balaban J connectivity index is 2.03. The standard InChI is InChI=1S/C14H23NO3S2/c1-10-5-3-4-6-12(10)8-15-20(17,18)14-7-11(2)13(9-16)19-14/h7,10,12,15-16H,3-6,8-9H2,1-2H3. The van der Waals surface area contributed by atoms with Crippen molar-refractivity contribution in [1.29, 1.82) is 0 Å². The topological polar surface area (TPSA) is 66.4 Å². The maximum absolute atomic E-state index is 12.3. The molecule has 0 bridgehead atoms. The molecule has 20 heavy (non-hydrogen) atoms. The minimum absolute atomic E-state index is 0.105. The molecule has 1 heterocycles. The van der Waals surface area contributed by atoms with Crippen LogP contribution in [0.15, 0.2) is 10.3 Å². The third-order valence-electron chi connectivity index (χ3n) is 4.23. The Hall–Kier alpha value is -0.430. The molecule has 1 saturated carbocycles. The summed E-state index contributed by atoms with van der Waals surface area (Å²) in [6.45, 7) is 4.45. The lowest BCUT2D eigenvalue weighted by atomic mass is 9.81. The van der Waals surface area contributed by atoms with Crippen LogP contribution in [-0.2, 0) is 16.6 Å². The Kier molecular flexibility index (Phi) is 5.23. The monoisotopic (exact) mass is 317 g/mol. The van der Waals surface area contributed by atoms with E-state index in [2.05, 4.69) is 11.6 Å². The van der Waals surface area contributed by atoms with Gasteiger partial charge in [-0.1, -0.05) is 26.2 Å². The van der Waals surface area contributed by atoms with Crippen molar-refractivity contribution in [2.24, 2.45) is 11.8 Å². The highest BCUT2D eigenvalue weighted by molar-refractivity contribution is 7.91. The number of hydrogen-bond donors (Lipinski definition) is 2. The number of sulfonamides is 1. The summed E-state index contributed by atoms with van der Waals surface area (Å²) in [6.07, 6.45) is 4.76. The Labute approximate surface area is 125 Å². The first-order chi connectivity index (χ1) is 9.44. The minimum atomic E-state index is -3.44. The molecule has 4 nitrogen and oxygen atoms in total. The van der Waals surface area contributed by atoms with Crippen molar-refractivity contribution < 1.29 is 13.5 Å². The third-order valence-corrected chi connectivity index (χ3v) is 7.35. The molecule has 6 heteroatoms. The average molecular weight is 317 g/mol. The molecule has 2 rings (SSSR count). The number of rotatable bonds is 5. The van der Waals surface area contributed by atoms with Crippen LogP contribution in [0, 0.1) is 18.8 Å². The van der Waals surface area contributed by atoms with Gasteiger partial charge in [0.2, 0.25) is 10.0 Å². The normalized spacial score (nSPS) is 23.9. The molecule has 0 spiro atoms. The van der Waals surface area contributed by atoms with Crippen LogP contribution in [0.25, 0.3) is 0 Å². The fraction of sp³-hybridized carbons (Fsp3) is 0.714. The van der Waals surface area contributed by atoms with Gasteiger partial charge >= 0.3 is 0 Å². The fourth-order valence-electron chi connectivity index (χ4n) is 2.76. The highest BCUT2D eigenvalue weighted by Gasteiger charge is 2.24. The zero-order valence-electron chi connectivity index (χ0n) is 12.1. The Morgan fingerprint density at radius 1 is 1.40 bits per heavy atom. The van der Waals surface area contributed by atoms with E-state index in [9.17, 15) is 8.42 Å². The number of aryl methyl sites for hydroxylation is 1. The third kappa shape index (κ3) is 3.61. The zero-order valence-corrected chi connectivity index (χ0v) is 13.7. The largest absolute Gasteiger partial charge is 0.391 e. The molecule has 0 aliphatic heterocycles. The zero-order chi connectivity index (χ0) is 14.8. The maximum Gasteiger partial charge on any atom is 0.250 e. The van der Waals surface area contributed by atoms with Gasteiger partial charge in [0.05, 0.1) is 6.61 Å². The first-order valence-corrected chi connectivity index (χ1v) is 9.44. The van der Waals surface area contributed by atoms with Crippen molar-refractivity contribution in [2.45, 2.75) is 50.3 Å². The summed E-state index contributed by atoms with van der Waals surface area (Å²) < 4.78 is 27.6. The first-order valence-electron chi connectivity index (χ1n) is 7.14. The maximum atomic E-state index is 12.3. The van der Waals surface area contributed by atoms with Gasteiger partial charge in [-0.2, -0.15) is 0 Å². The van der Waals surface area contributed by atoms with Gasteiger partial charge in [0.25, 0.3) is 0 Å². The van der Waals surface area contributed by atoms with E-state index in [-0.39, 0.29) is 6.61 Å². The van der Waals surface area contributed by atoms with Gasteiger partial charge in [0, 0.05) is 11.4 Å². The van der Waals surface area contributed by atoms with Gasteiger partial charge in [-0.15, -0.1) is 11.3 Å². The van der Waals surface area contributed by atoms with E-state index < -0.39 is 10.0 Å². The molecular formula is C14H23NO3S2. The van der Waals surface area contributed by atoms with Crippen molar-refractivity contribution in [3.8, 4) is 0 Å². The number of aliphatic hydroxyl groups is 1. The van der Waals surface area contributed by atoms with Crippen LogP contribution in [0.2, 0.25) is 0 Å². The summed E-state index contributed by atoms with van der Waals surface area (Å²) >= 11 is 1.15. The second-order valence-electron chi connectivity index (χ2n) is 5.70. The van der Waals surface area contributed by atoms with Gasteiger partial charge < -0.3 is 5.11 Å². The molecule has 114 valence electrons. The summed E-state index contributed by atoms with van der Waals surface area (Å²) in [5, 5.41) is 9.16. The van der Waals surface area contributed by atoms with Crippen LogP contribution in [0.5, 0.6) is 0 Å². The second-order valence-corrected chi connectivity index (χ2v) is 8.83. The molecule has 0 aromatic carbocycles. The van der Waals surface area contributed by atoms with E-state index in [1.54, 1.807) is 6.07 Å². The number of hydrogen-bond acceptors (Lipinski definition) is 4. The molecule has 2 unspecified atom stereocenters. The number of nitrogens with one attached hydrogen (secondary N) is 1. The molecule has 0 amide bonds. The average Bonchev–Trinajstić information content (AvgIpc) is 2.80. The van der Waals surface area contributed by atoms with Gasteiger partial charge in [-0.05, 0) is 36.8 Å². The van der Waals surface area contributed by atoms with Crippen molar-refractivity contribution in [2.75, 3.05) is 6.54 Å². The molecule has 1 aromatic rings. The lowest BCUT2D eigenvalue weighted by Gasteiger charge is -2.28.